The van der Waals surface area contributed by atoms with Crippen LogP contribution in [0.2, 0.25) is 0 Å². The van der Waals surface area contributed by atoms with Gasteiger partial charge < -0.3 is 15.4 Å². The van der Waals surface area contributed by atoms with Crippen LogP contribution in [0.15, 0.2) is 24.3 Å². The molecule has 4 heteroatoms. The van der Waals surface area contributed by atoms with E-state index < -0.39 is 0 Å². The zero-order chi connectivity index (χ0) is 13.7. The summed E-state index contributed by atoms with van der Waals surface area (Å²) in [5, 5.41) is 0. The lowest BCUT2D eigenvalue weighted by atomic mass is 10.1. The van der Waals surface area contributed by atoms with Gasteiger partial charge in [0.25, 0.3) is 0 Å². The molecule has 1 aromatic carbocycles. The van der Waals surface area contributed by atoms with E-state index >= 15 is 0 Å². The summed E-state index contributed by atoms with van der Waals surface area (Å²) in [5.74, 6) is -0.0175. The number of carbonyl (C=O) groups excluding carboxylic acids is 1. The van der Waals surface area contributed by atoms with E-state index in [4.69, 9.17) is 10.5 Å². The smallest absolute Gasteiger partial charge is 0.236 e. The summed E-state index contributed by atoms with van der Waals surface area (Å²) in [6.45, 7) is 4.16. The first kappa shape index (κ1) is 14.0. The van der Waals surface area contributed by atoms with Crippen LogP contribution in [0.25, 0.3) is 0 Å². The van der Waals surface area contributed by atoms with Gasteiger partial charge in [0.2, 0.25) is 5.91 Å². The number of carbonyl (C=O) groups is 1. The number of amides is 1. The predicted octanol–water partition coefficient (Wildman–Crippen LogP) is 1.46. The quantitative estimate of drug-likeness (QED) is 0.874. The number of nitrogens with zero attached hydrogens (tertiary/aromatic N) is 1. The molecule has 4 nitrogen and oxygen atoms in total. The molecular formula is C15H22N2O2. The Labute approximate surface area is 114 Å². The highest BCUT2D eigenvalue weighted by molar-refractivity contribution is 5.78. The molecule has 0 aromatic heterocycles. The summed E-state index contributed by atoms with van der Waals surface area (Å²) < 4.78 is 5.60. The topological polar surface area (TPSA) is 55.6 Å². The summed E-state index contributed by atoms with van der Waals surface area (Å²) in [6, 6.07) is 8.24. The molecule has 0 bridgehead atoms. The van der Waals surface area contributed by atoms with Gasteiger partial charge in [0, 0.05) is 19.7 Å². The van der Waals surface area contributed by atoms with E-state index in [9.17, 15) is 4.79 Å². The van der Waals surface area contributed by atoms with Gasteiger partial charge in [-0.05, 0) is 25.3 Å². The first-order valence-corrected chi connectivity index (χ1v) is 6.84. The van der Waals surface area contributed by atoms with Crippen molar-refractivity contribution in [3.8, 4) is 0 Å². The van der Waals surface area contributed by atoms with Gasteiger partial charge in [0.05, 0.1) is 12.6 Å². The summed E-state index contributed by atoms with van der Waals surface area (Å²) in [7, 11) is 0. The number of rotatable bonds is 5. The van der Waals surface area contributed by atoms with Crippen molar-refractivity contribution >= 4 is 5.91 Å². The number of hydrogen-bond acceptors (Lipinski definition) is 3. The van der Waals surface area contributed by atoms with Crippen molar-refractivity contribution in [3.63, 3.8) is 0 Å². The van der Waals surface area contributed by atoms with Crippen LogP contribution < -0.4 is 5.73 Å². The molecule has 19 heavy (non-hydrogen) atoms. The van der Waals surface area contributed by atoms with E-state index in [1.807, 2.05) is 0 Å². The number of benzene rings is 1. The van der Waals surface area contributed by atoms with Crippen molar-refractivity contribution < 1.29 is 9.53 Å². The molecule has 1 aliphatic rings. The molecule has 1 atom stereocenters. The molecule has 1 saturated heterocycles. The molecule has 0 aliphatic carbocycles. The second-order valence-electron chi connectivity index (χ2n) is 5.10. The normalized spacial score (nSPS) is 18.5. The molecule has 2 rings (SSSR count). The summed E-state index contributed by atoms with van der Waals surface area (Å²) in [4.78, 5) is 13.7. The van der Waals surface area contributed by atoms with E-state index in [2.05, 4.69) is 31.2 Å². The molecular weight excluding hydrogens is 240 g/mol. The number of aryl methyl sites for hydroxylation is 1. The van der Waals surface area contributed by atoms with Crippen LogP contribution in [0.3, 0.4) is 0 Å². The molecule has 104 valence electrons. The van der Waals surface area contributed by atoms with Crippen molar-refractivity contribution in [1.29, 1.82) is 0 Å². The monoisotopic (exact) mass is 262 g/mol. The Balaban J connectivity index is 2.00. The minimum Gasteiger partial charge on any atom is -0.376 e. The van der Waals surface area contributed by atoms with E-state index in [0.717, 1.165) is 25.0 Å². The Kier molecular flexibility index (Phi) is 4.93. The number of ether oxygens (including phenoxy) is 1. The van der Waals surface area contributed by atoms with Crippen LogP contribution in [-0.2, 0) is 16.1 Å². The fraction of sp³-hybridized carbons (Fsp3) is 0.533. The number of nitrogens with two attached hydrogens (primary N) is 1. The number of hydrogen-bond donors (Lipinski definition) is 1. The maximum atomic E-state index is 11.9. The van der Waals surface area contributed by atoms with Gasteiger partial charge in [-0.2, -0.15) is 0 Å². The Morgan fingerprint density at radius 2 is 2.16 bits per heavy atom. The van der Waals surface area contributed by atoms with Gasteiger partial charge in [-0.3, -0.25) is 4.79 Å². The molecule has 1 aliphatic heterocycles. The maximum Gasteiger partial charge on any atom is 0.236 e. The SMILES string of the molecule is Cc1ccc(CN(CC2CCCO2)C(=O)CN)cc1. The van der Waals surface area contributed by atoms with Gasteiger partial charge in [-0.25, -0.2) is 0 Å². The maximum absolute atomic E-state index is 11.9. The van der Waals surface area contributed by atoms with Crippen LogP contribution >= 0.6 is 0 Å². The highest BCUT2D eigenvalue weighted by Crippen LogP contribution is 2.15. The van der Waals surface area contributed by atoms with Crippen molar-refractivity contribution in [2.75, 3.05) is 19.7 Å². The Bertz CT molecular complexity index is 411. The largest absolute Gasteiger partial charge is 0.376 e. The Morgan fingerprint density at radius 3 is 2.74 bits per heavy atom. The third-order valence-corrected chi connectivity index (χ3v) is 3.47. The first-order valence-electron chi connectivity index (χ1n) is 6.84. The third-order valence-electron chi connectivity index (χ3n) is 3.47. The molecule has 0 spiro atoms. The van der Waals surface area contributed by atoms with Crippen molar-refractivity contribution in [3.05, 3.63) is 35.4 Å². The third kappa shape index (κ3) is 4.04. The zero-order valence-electron chi connectivity index (χ0n) is 11.5. The second-order valence-corrected chi connectivity index (χ2v) is 5.10. The minimum absolute atomic E-state index is 0.0175. The summed E-state index contributed by atoms with van der Waals surface area (Å²) >= 11 is 0. The molecule has 1 heterocycles. The van der Waals surface area contributed by atoms with E-state index in [1.165, 1.54) is 5.56 Å². The van der Waals surface area contributed by atoms with Gasteiger partial charge in [-0.1, -0.05) is 29.8 Å². The van der Waals surface area contributed by atoms with Crippen LogP contribution in [0.5, 0.6) is 0 Å². The predicted molar refractivity (Wildman–Crippen MR) is 74.6 cm³/mol. The molecule has 1 unspecified atom stereocenters. The van der Waals surface area contributed by atoms with Gasteiger partial charge in [0.15, 0.2) is 0 Å². The van der Waals surface area contributed by atoms with Gasteiger partial charge in [-0.15, -0.1) is 0 Å². The lowest BCUT2D eigenvalue weighted by Gasteiger charge is -2.25. The summed E-state index contributed by atoms with van der Waals surface area (Å²) in [5.41, 5.74) is 7.84. The minimum atomic E-state index is -0.0175. The fourth-order valence-electron chi connectivity index (χ4n) is 2.33. The average Bonchev–Trinajstić information content (AvgIpc) is 2.92. The van der Waals surface area contributed by atoms with Crippen molar-refractivity contribution in [2.24, 2.45) is 5.73 Å². The average molecular weight is 262 g/mol. The van der Waals surface area contributed by atoms with Crippen LogP contribution in [0.1, 0.15) is 24.0 Å². The van der Waals surface area contributed by atoms with Gasteiger partial charge >= 0.3 is 0 Å². The first-order chi connectivity index (χ1) is 9.19. The Hall–Kier alpha value is -1.39. The van der Waals surface area contributed by atoms with E-state index in [1.54, 1.807) is 4.90 Å². The van der Waals surface area contributed by atoms with Crippen LogP contribution in [0.4, 0.5) is 0 Å². The molecule has 0 radical (unpaired) electrons. The fourth-order valence-corrected chi connectivity index (χ4v) is 2.33. The second kappa shape index (κ2) is 6.68. The van der Waals surface area contributed by atoms with Crippen LogP contribution in [-0.4, -0.2) is 36.6 Å². The lowest BCUT2D eigenvalue weighted by Crippen LogP contribution is -2.40. The van der Waals surface area contributed by atoms with E-state index in [-0.39, 0.29) is 18.6 Å². The van der Waals surface area contributed by atoms with Crippen LogP contribution in [0, 0.1) is 6.92 Å². The highest BCUT2D eigenvalue weighted by Gasteiger charge is 2.21. The molecule has 2 N–H and O–H groups in total. The lowest BCUT2D eigenvalue weighted by molar-refractivity contribution is -0.131. The Morgan fingerprint density at radius 1 is 1.42 bits per heavy atom. The standard InChI is InChI=1S/C15H22N2O2/c1-12-4-6-13(7-5-12)10-17(15(18)9-16)11-14-3-2-8-19-14/h4-7,14H,2-3,8-11,16H2,1H3. The van der Waals surface area contributed by atoms with Crippen molar-refractivity contribution in [1.82, 2.24) is 4.90 Å². The van der Waals surface area contributed by atoms with E-state index in [0.29, 0.717) is 13.1 Å². The zero-order valence-corrected chi connectivity index (χ0v) is 11.5. The molecule has 0 saturated carbocycles. The molecule has 1 aromatic rings. The van der Waals surface area contributed by atoms with Gasteiger partial charge in [0.1, 0.15) is 0 Å². The highest BCUT2D eigenvalue weighted by atomic mass is 16.5. The summed E-state index contributed by atoms with van der Waals surface area (Å²) in [6.07, 6.45) is 2.28. The molecule has 1 fully saturated rings. The molecule has 1 amide bonds. The van der Waals surface area contributed by atoms with Crippen molar-refractivity contribution in [2.45, 2.75) is 32.4 Å².